The zero-order chi connectivity index (χ0) is 12.6. The summed E-state index contributed by atoms with van der Waals surface area (Å²) in [6.45, 7) is 8.22. The molecule has 0 aliphatic carbocycles. The van der Waals surface area contributed by atoms with Crippen molar-refractivity contribution in [3.05, 3.63) is 0 Å². The van der Waals surface area contributed by atoms with Gasteiger partial charge in [0.25, 0.3) is 0 Å². The lowest BCUT2D eigenvalue weighted by Gasteiger charge is -2.46. The summed E-state index contributed by atoms with van der Waals surface area (Å²) in [5.41, 5.74) is -1.64. The van der Waals surface area contributed by atoms with Crippen LogP contribution in [0.15, 0.2) is 0 Å². The highest BCUT2D eigenvalue weighted by atomic mass is 16.4. The zero-order valence-electron chi connectivity index (χ0n) is 10.5. The van der Waals surface area contributed by atoms with Crippen LogP contribution in [-0.2, 0) is 4.79 Å². The number of carboxylic acids is 1. The number of piperazine rings is 1. The van der Waals surface area contributed by atoms with Gasteiger partial charge in [-0.2, -0.15) is 0 Å². The molecule has 5 nitrogen and oxygen atoms in total. The van der Waals surface area contributed by atoms with E-state index in [1.54, 1.807) is 0 Å². The second kappa shape index (κ2) is 4.31. The summed E-state index contributed by atoms with van der Waals surface area (Å²) in [6.07, 6.45) is 0. The van der Waals surface area contributed by atoms with Crippen LogP contribution < -0.4 is 0 Å². The van der Waals surface area contributed by atoms with Crippen LogP contribution in [-0.4, -0.2) is 70.3 Å². The minimum atomic E-state index is -1.66. The van der Waals surface area contributed by atoms with Crippen molar-refractivity contribution in [2.24, 2.45) is 0 Å². The molecular formula is C11H22N2O3. The molecule has 0 bridgehead atoms. The van der Waals surface area contributed by atoms with E-state index in [2.05, 4.69) is 25.8 Å². The van der Waals surface area contributed by atoms with Crippen LogP contribution in [0.25, 0.3) is 0 Å². The summed E-state index contributed by atoms with van der Waals surface area (Å²) in [6, 6.07) is 0. The number of aliphatic carboxylic acids is 1. The number of β-amino-alcohol motifs (C(OH)–C–C–N with tert-alkyl or cyclic N) is 1. The molecule has 1 saturated heterocycles. The summed E-state index contributed by atoms with van der Waals surface area (Å²) in [7, 11) is 2.06. The van der Waals surface area contributed by atoms with Crippen LogP contribution >= 0.6 is 0 Å². The van der Waals surface area contributed by atoms with Crippen molar-refractivity contribution in [3.8, 4) is 0 Å². The first-order valence-electron chi connectivity index (χ1n) is 5.54. The van der Waals surface area contributed by atoms with Gasteiger partial charge in [0.05, 0.1) is 0 Å². The molecule has 94 valence electrons. The SMILES string of the molecule is CN1CCN(CC(C)(O)C(=O)O)CC1(C)C. The zero-order valence-corrected chi connectivity index (χ0v) is 10.5. The Morgan fingerprint density at radius 3 is 2.44 bits per heavy atom. The highest BCUT2D eigenvalue weighted by Crippen LogP contribution is 2.20. The lowest BCUT2D eigenvalue weighted by molar-refractivity contribution is -0.159. The second-order valence-electron chi connectivity index (χ2n) is 5.52. The Morgan fingerprint density at radius 2 is 2.00 bits per heavy atom. The molecule has 0 aromatic rings. The molecule has 0 aromatic heterocycles. The monoisotopic (exact) mass is 230 g/mol. The molecule has 0 radical (unpaired) electrons. The van der Waals surface area contributed by atoms with Gasteiger partial charge in [-0.15, -0.1) is 0 Å². The van der Waals surface area contributed by atoms with Gasteiger partial charge in [-0.05, 0) is 27.8 Å². The number of hydrogen-bond acceptors (Lipinski definition) is 4. The lowest BCUT2D eigenvalue weighted by Crippen LogP contribution is -2.60. The number of carboxylic acid groups (broad SMARTS) is 1. The maximum absolute atomic E-state index is 10.8. The summed E-state index contributed by atoms with van der Waals surface area (Å²) in [5.74, 6) is -1.16. The second-order valence-corrected chi connectivity index (χ2v) is 5.52. The van der Waals surface area contributed by atoms with Gasteiger partial charge in [-0.3, -0.25) is 9.80 Å². The van der Waals surface area contributed by atoms with Gasteiger partial charge in [-0.1, -0.05) is 0 Å². The number of carbonyl (C=O) groups is 1. The third-order valence-corrected chi connectivity index (χ3v) is 3.39. The van der Waals surface area contributed by atoms with Gasteiger partial charge in [0.1, 0.15) is 0 Å². The number of likely N-dealkylation sites (N-methyl/N-ethyl adjacent to an activating group) is 1. The Bertz CT molecular complexity index is 276. The van der Waals surface area contributed by atoms with Gasteiger partial charge in [0, 0.05) is 31.7 Å². The smallest absolute Gasteiger partial charge is 0.336 e. The average molecular weight is 230 g/mol. The van der Waals surface area contributed by atoms with E-state index in [4.69, 9.17) is 5.11 Å². The molecule has 0 amide bonds. The quantitative estimate of drug-likeness (QED) is 0.706. The first kappa shape index (κ1) is 13.4. The molecule has 1 aliphatic rings. The van der Waals surface area contributed by atoms with Crippen molar-refractivity contribution in [3.63, 3.8) is 0 Å². The van der Waals surface area contributed by atoms with Gasteiger partial charge >= 0.3 is 5.97 Å². The van der Waals surface area contributed by atoms with Crippen LogP contribution in [0.5, 0.6) is 0 Å². The van der Waals surface area contributed by atoms with E-state index in [0.717, 1.165) is 19.6 Å². The fourth-order valence-electron chi connectivity index (χ4n) is 1.98. The van der Waals surface area contributed by atoms with Crippen molar-refractivity contribution in [2.45, 2.75) is 31.9 Å². The first-order chi connectivity index (χ1) is 7.15. The Labute approximate surface area is 96.7 Å². The van der Waals surface area contributed by atoms with E-state index in [0.29, 0.717) is 0 Å². The Morgan fingerprint density at radius 1 is 1.44 bits per heavy atom. The minimum absolute atomic E-state index is 0.0207. The van der Waals surface area contributed by atoms with Gasteiger partial charge < -0.3 is 10.2 Å². The third kappa shape index (κ3) is 2.93. The van der Waals surface area contributed by atoms with Crippen molar-refractivity contribution >= 4 is 5.97 Å². The Kier molecular flexibility index (Phi) is 3.62. The van der Waals surface area contributed by atoms with Gasteiger partial charge in [-0.25, -0.2) is 4.79 Å². The standard InChI is InChI=1S/C11H22N2O3/c1-10(2)7-13(6-5-12(10)4)8-11(3,16)9(14)15/h16H,5-8H2,1-4H3,(H,14,15). The summed E-state index contributed by atoms with van der Waals surface area (Å²) in [4.78, 5) is 15.1. The van der Waals surface area contributed by atoms with E-state index in [9.17, 15) is 9.90 Å². The predicted molar refractivity (Wildman–Crippen MR) is 61.4 cm³/mol. The summed E-state index contributed by atoms with van der Waals surface area (Å²) in [5, 5.41) is 18.6. The third-order valence-electron chi connectivity index (χ3n) is 3.39. The largest absolute Gasteiger partial charge is 0.479 e. The fraction of sp³-hybridized carbons (Fsp3) is 0.909. The molecule has 0 aromatic carbocycles. The van der Waals surface area contributed by atoms with Crippen molar-refractivity contribution in [1.29, 1.82) is 0 Å². The van der Waals surface area contributed by atoms with E-state index in [1.165, 1.54) is 6.92 Å². The van der Waals surface area contributed by atoms with Gasteiger partial charge in [0.15, 0.2) is 5.60 Å². The maximum Gasteiger partial charge on any atom is 0.336 e. The van der Waals surface area contributed by atoms with Crippen LogP contribution in [0.4, 0.5) is 0 Å². The molecule has 2 N–H and O–H groups in total. The Hall–Kier alpha value is -0.650. The molecule has 16 heavy (non-hydrogen) atoms. The Balaban J connectivity index is 2.61. The first-order valence-corrected chi connectivity index (χ1v) is 5.54. The number of nitrogens with zero attached hydrogens (tertiary/aromatic N) is 2. The van der Waals surface area contributed by atoms with Crippen LogP contribution in [0.1, 0.15) is 20.8 Å². The maximum atomic E-state index is 10.8. The highest BCUT2D eigenvalue weighted by molar-refractivity contribution is 5.76. The molecule has 0 saturated carbocycles. The molecule has 1 heterocycles. The van der Waals surface area contributed by atoms with E-state index >= 15 is 0 Å². The van der Waals surface area contributed by atoms with E-state index in [-0.39, 0.29) is 12.1 Å². The topological polar surface area (TPSA) is 64.0 Å². The minimum Gasteiger partial charge on any atom is -0.479 e. The van der Waals surface area contributed by atoms with Crippen molar-refractivity contribution in [2.75, 3.05) is 33.2 Å². The normalized spacial score (nSPS) is 26.3. The molecule has 1 aliphatic heterocycles. The van der Waals surface area contributed by atoms with Crippen molar-refractivity contribution < 1.29 is 15.0 Å². The molecule has 1 unspecified atom stereocenters. The van der Waals surface area contributed by atoms with E-state index < -0.39 is 11.6 Å². The van der Waals surface area contributed by atoms with Gasteiger partial charge in [0.2, 0.25) is 0 Å². The molecule has 0 spiro atoms. The molecular weight excluding hydrogens is 208 g/mol. The summed E-state index contributed by atoms with van der Waals surface area (Å²) < 4.78 is 0. The molecule has 5 heteroatoms. The molecule has 1 rings (SSSR count). The summed E-state index contributed by atoms with van der Waals surface area (Å²) >= 11 is 0. The molecule has 1 atom stereocenters. The highest BCUT2D eigenvalue weighted by Gasteiger charge is 2.37. The van der Waals surface area contributed by atoms with E-state index in [1.807, 2.05) is 4.90 Å². The van der Waals surface area contributed by atoms with Crippen molar-refractivity contribution in [1.82, 2.24) is 9.80 Å². The number of aliphatic hydroxyl groups is 1. The average Bonchev–Trinajstić information content (AvgIpc) is 2.10. The van der Waals surface area contributed by atoms with Crippen LogP contribution in [0, 0.1) is 0 Å². The van der Waals surface area contributed by atoms with Crippen LogP contribution in [0.2, 0.25) is 0 Å². The fourth-order valence-corrected chi connectivity index (χ4v) is 1.98. The lowest BCUT2D eigenvalue weighted by atomic mass is 9.98. The van der Waals surface area contributed by atoms with Crippen LogP contribution in [0.3, 0.4) is 0 Å². The molecule has 1 fully saturated rings. The number of rotatable bonds is 3. The predicted octanol–water partition coefficient (Wildman–Crippen LogP) is -0.152. The number of hydrogen-bond donors (Lipinski definition) is 2.